The van der Waals surface area contributed by atoms with Gasteiger partial charge in [0.05, 0.1) is 7.57 Å². The van der Waals surface area contributed by atoms with E-state index in [0.717, 1.165) is 12.0 Å². The summed E-state index contributed by atoms with van der Waals surface area (Å²) in [4.78, 5) is 12.1. The zero-order chi connectivity index (χ0) is 11.0. The first-order chi connectivity index (χ1) is 7.09. The predicted octanol–water partition coefficient (Wildman–Crippen LogP) is 5.33. The van der Waals surface area contributed by atoms with E-state index in [2.05, 4.69) is 47.8 Å². The molecule has 0 aliphatic heterocycles. The van der Waals surface area contributed by atoms with Gasteiger partial charge in [-0.2, -0.15) is 11.3 Å². The van der Waals surface area contributed by atoms with Gasteiger partial charge in [-0.1, -0.05) is 0 Å². The third-order valence-corrected chi connectivity index (χ3v) is 5.80. The minimum atomic E-state index is 0.0388. The quantitative estimate of drug-likeness (QED) is 0.588. The highest BCUT2D eigenvalue weighted by Crippen LogP contribution is 2.34. The van der Waals surface area contributed by atoms with Crippen molar-refractivity contribution in [1.82, 2.24) is 0 Å². The van der Waals surface area contributed by atoms with Crippen LogP contribution in [-0.2, 0) is 0 Å². The van der Waals surface area contributed by atoms with Crippen LogP contribution in [0.15, 0.2) is 28.9 Å². The topological polar surface area (TPSA) is 17.1 Å². The SMILES string of the molecule is O=C(c1cscc1Br)c1cc(Br)sc1Br. The Morgan fingerprint density at radius 2 is 1.87 bits per heavy atom. The lowest BCUT2D eigenvalue weighted by atomic mass is 10.1. The lowest BCUT2D eigenvalue weighted by molar-refractivity contribution is 0.103. The summed E-state index contributed by atoms with van der Waals surface area (Å²) in [6.07, 6.45) is 0. The second-order valence-electron chi connectivity index (χ2n) is 2.70. The molecule has 0 fully saturated rings. The van der Waals surface area contributed by atoms with Gasteiger partial charge in [-0.15, -0.1) is 11.3 Å². The molecule has 2 heterocycles. The highest BCUT2D eigenvalue weighted by atomic mass is 79.9. The highest BCUT2D eigenvalue weighted by molar-refractivity contribution is 9.12. The summed E-state index contributed by atoms with van der Waals surface area (Å²) in [6, 6.07) is 1.83. The summed E-state index contributed by atoms with van der Waals surface area (Å²) in [6.45, 7) is 0. The normalized spacial score (nSPS) is 10.6. The molecule has 15 heavy (non-hydrogen) atoms. The molecule has 2 rings (SSSR count). The summed E-state index contributed by atoms with van der Waals surface area (Å²) in [7, 11) is 0. The van der Waals surface area contributed by atoms with Gasteiger partial charge < -0.3 is 0 Å². The van der Waals surface area contributed by atoms with Crippen LogP contribution in [0.4, 0.5) is 0 Å². The molecule has 0 aliphatic rings. The van der Waals surface area contributed by atoms with Crippen molar-refractivity contribution < 1.29 is 4.79 Å². The second kappa shape index (κ2) is 4.79. The number of hydrogen-bond donors (Lipinski definition) is 0. The molecule has 0 saturated heterocycles. The van der Waals surface area contributed by atoms with Gasteiger partial charge in [-0.3, -0.25) is 4.79 Å². The van der Waals surface area contributed by atoms with E-state index in [0.29, 0.717) is 11.1 Å². The lowest BCUT2D eigenvalue weighted by Gasteiger charge is -1.96. The molecular weight excluding hydrogens is 428 g/mol. The molecule has 78 valence electrons. The van der Waals surface area contributed by atoms with Gasteiger partial charge >= 0.3 is 0 Å². The summed E-state index contributed by atoms with van der Waals surface area (Å²) >= 11 is 13.1. The van der Waals surface area contributed by atoms with Crippen LogP contribution < -0.4 is 0 Å². The standard InChI is InChI=1S/C9H3Br3OS2/c10-6-3-14-2-5(6)8(13)4-1-7(11)15-9(4)12/h1-3H. The summed E-state index contributed by atoms with van der Waals surface area (Å²) in [5, 5.41) is 3.76. The summed E-state index contributed by atoms with van der Waals surface area (Å²) < 4.78 is 2.66. The average molecular weight is 431 g/mol. The van der Waals surface area contributed by atoms with Crippen LogP contribution in [0.2, 0.25) is 0 Å². The van der Waals surface area contributed by atoms with Crippen molar-refractivity contribution in [2.24, 2.45) is 0 Å². The largest absolute Gasteiger partial charge is 0.288 e. The molecule has 0 bridgehead atoms. The van der Waals surface area contributed by atoms with Gasteiger partial charge in [0.25, 0.3) is 0 Å². The van der Waals surface area contributed by atoms with E-state index >= 15 is 0 Å². The average Bonchev–Trinajstić information content (AvgIpc) is 2.71. The zero-order valence-electron chi connectivity index (χ0n) is 7.09. The third-order valence-electron chi connectivity index (χ3n) is 1.76. The Balaban J connectivity index is 2.45. The fourth-order valence-corrected chi connectivity index (χ4v) is 5.33. The Morgan fingerprint density at radius 3 is 2.33 bits per heavy atom. The Bertz CT molecular complexity index is 515. The van der Waals surface area contributed by atoms with Crippen molar-refractivity contribution in [3.8, 4) is 0 Å². The van der Waals surface area contributed by atoms with E-state index in [1.165, 1.54) is 22.7 Å². The number of hydrogen-bond acceptors (Lipinski definition) is 3. The van der Waals surface area contributed by atoms with E-state index in [9.17, 15) is 4.79 Å². The number of carbonyl (C=O) groups excluding carboxylic acids is 1. The Labute approximate surface area is 120 Å². The fourth-order valence-electron chi connectivity index (χ4n) is 1.08. The van der Waals surface area contributed by atoms with Gasteiger partial charge in [-0.25, -0.2) is 0 Å². The third kappa shape index (κ3) is 2.44. The van der Waals surface area contributed by atoms with Crippen LogP contribution >= 0.6 is 70.5 Å². The van der Waals surface area contributed by atoms with Crippen LogP contribution in [0.3, 0.4) is 0 Å². The number of halogens is 3. The van der Waals surface area contributed by atoms with E-state index in [4.69, 9.17) is 0 Å². The zero-order valence-corrected chi connectivity index (χ0v) is 13.5. The van der Waals surface area contributed by atoms with E-state index in [-0.39, 0.29) is 5.78 Å². The Kier molecular flexibility index (Phi) is 3.83. The van der Waals surface area contributed by atoms with Crippen molar-refractivity contribution >= 4 is 76.2 Å². The minimum absolute atomic E-state index is 0.0388. The minimum Gasteiger partial charge on any atom is -0.288 e. The molecule has 6 heteroatoms. The maximum atomic E-state index is 12.1. The molecular formula is C9H3Br3OS2. The summed E-state index contributed by atoms with van der Waals surface area (Å²) in [5.74, 6) is 0.0388. The summed E-state index contributed by atoms with van der Waals surface area (Å²) in [5.41, 5.74) is 1.41. The molecule has 0 aliphatic carbocycles. The maximum Gasteiger partial charge on any atom is 0.197 e. The molecule has 0 N–H and O–H groups in total. The first-order valence-corrected chi connectivity index (χ1v) is 7.94. The molecule has 0 radical (unpaired) electrons. The second-order valence-corrected chi connectivity index (χ2v) is 8.05. The predicted molar refractivity (Wildman–Crippen MR) is 75.2 cm³/mol. The van der Waals surface area contributed by atoms with E-state index in [1.54, 1.807) is 0 Å². The smallest absolute Gasteiger partial charge is 0.197 e. The Morgan fingerprint density at radius 1 is 1.13 bits per heavy atom. The molecule has 0 amide bonds. The maximum absolute atomic E-state index is 12.1. The molecule has 1 nitrogen and oxygen atoms in total. The van der Waals surface area contributed by atoms with Crippen molar-refractivity contribution in [3.63, 3.8) is 0 Å². The lowest BCUT2D eigenvalue weighted by Crippen LogP contribution is -1.98. The number of thiophene rings is 2. The van der Waals surface area contributed by atoms with Gasteiger partial charge in [-0.05, 0) is 53.9 Å². The van der Waals surface area contributed by atoms with Crippen LogP contribution in [0, 0.1) is 0 Å². The molecule has 0 spiro atoms. The van der Waals surface area contributed by atoms with Gasteiger partial charge in [0, 0.05) is 26.4 Å². The van der Waals surface area contributed by atoms with Crippen molar-refractivity contribution in [2.45, 2.75) is 0 Å². The first kappa shape index (κ1) is 12.0. The van der Waals surface area contributed by atoms with Crippen LogP contribution in [-0.4, -0.2) is 5.78 Å². The molecule has 0 atom stereocenters. The van der Waals surface area contributed by atoms with Crippen LogP contribution in [0.1, 0.15) is 15.9 Å². The highest BCUT2D eigenvalue weighted by Gasteiger charge is 2.18. The number of rotatable bonds is 2. The molecule has 0 saturated carbocycles. The number of carbonyl (C=O) groups is 1. The van der Waals surface area contributed by atoms with Gasteiger partial charge in [0.15, 0.2) is 5.78 Å². The molecule has 2 aromatic heterocycles. The van der Waals surface area contributed by atoms with Crippen molar-refractivity contribution in [2.75, 3.05) is 0 Å². The van der Waals surface area contributed by atoms with E-state index in [1.807, 2.05) is 16.8 Å². The fraction of sp³-hybridized carbons (Fsp3) is 0. The van der Waals surface area contributed by atoms with Crippen molar-refractivity contribution in [1.29, 1.82) is 0 Å². The van der Waals surface area contributed by atoms with Crippen LogP contribution in [0.5, 0.6) is 0 Å². The van der Waals surface area contributed by atoms with Gasteiger partial charge in [0.2, 0.25) is 0 Å². The molecule has 0 unspecified atom stereocenters. The first-order valence-electron chi connectivity index (χ1n) is 3.81. The molecule has 2 aromatic rings. The van der Waals surface area contributed by atoms with Crippen LogP contribution in [0.25, 0.3) is 0 Å². The number of ketones is 1. The van der Waals surface area contributed by atoms with Crippen molar-refractivity contribution in [3.05, 3.63) is 40.0 Å². The van der Waals surface area contributed by atoms with Gasteiger partial charge in [0.1, 0.15) is 0 Å². The Hall–Kier alpha value is 0.510. The monoisotopic (exact) mass is 428 g/mol. The molecule has 0 aromatic carbocycles. The van der Waals surface area contributed by atoms with E-state index < -0.39 is 0 Å².